The molecule has 1 saturated heterocycles. The molecule has 6 nitrogen and oxygen atoms in total. The Labute approximate surface area is 226 Å². The number of nitrogens with zero attached hydrogens (tertiary/aromatic N) is 1. The number of rotatable bonds is 11. The molecule has 198 valence electrons. The number of ketones is 1. The normalized spacial score (nSPS) is 17.7. The highest BCUT2D eigenvalue weighted by Crippen LogP contribution is 2.40. The zero-order valence-electron chi connectivity index (χ0n) is 22.0. The van der Waals surface area contributed by atoms with Crippen LogP contribution >= 0.6 is 17.0 Å². The molecule has 1 heterocycles. The van der Waals surface area contributed by atoms with Gasteiger partial charge in [-0.15, -0.1) is 17.0 Å². The minimum atomic E-state index is -0.360. The van der Waals surface area contributed by atoms with Crippen molar-refractivity contribution in [3.63, 3.8) is 0 Å². The molecule has 0 bridgehead atoms. The van der Waals surface area contributed by atoms with E-state index in [-0.39, 0.29) is 46.4 Å². The Morgan fingerprint density at radius 3 is 2.50 bits per heavy atom. The molecule has 0 aromatic heterocycles. The number of carbonyl (C=O) groups excluding carboxylic acids is 1. The molecule has 2 unspecified atom stereocenters. The van der Waals surface area contributed by atoms with Crippen LogP contribution < -0.4 is 10.5 Å². The van der Waals surface area contributed by atoms with Gasteiger partial charge >= 0.3 is 0 Å². The zero-order valence-corrected chi connectivity index (χ0v) is 23.8. The number of halogens is 1. The quantitative estimate of drug-likeness (QED) is 0.229. The Balaban J connectivity index is 0.00000456. The van der Waals surface area contributed by atoms with E-state index in [2.05, 4.69) is 19.1 Å². The summed E-state index contributed by atoms with van der Waals surface area (Å²) in [6.07, 6.45) is 3.68. The summed E-state index contributed by atoms with van der Waals surface area (Å²) in [5, 5.41) is 19.8. The minimum Gasteiger partial charge on any atom is -0.504 e. The molecule has 4 N–H and O–H groups in total. The van der Waals surface area contributed by atoms with Crippen LogP contribution in [0.4, 0.5) is 0 Å². The molecule has 0 amide bonds. The molecule has 36 heavy (non-hydrogen) atoms. The summed E-state index contributed by atoms with van der Waals surface area (Å²) in [5.74, 6) is 1.18. The number of amidine groups is 1. The van der Waals surface area contributed by atoms with Crippen molar-refractivity contribution in [1.82, 2.24) is 4.90 Å². The number of hydrogen-bond acceptors (Lipinski definition) is 5. The highest BCUT2D eigenvalue weighted by atomic mass is 79.9. The number of phenolic OH excluding ortho intramolecular Hbond substituents is 1. The number of benzene rings is 2. The van der Waals surface area contributed by atoms with Gasteiger partial charge in [0.1, 0.15) is 5.84 Å². The van der Waals surface area contributed by atoms with Crippen LogP contribution in [0, 0.1) is 11.3 Å². The maximum absolute atomic E-state index is 13.5. The number of Topliss-reactive ketones (excluding diaryl/α,β-unsaturated/α-hetero) is 1. The smallest absolute Gasteiger partial charge is 0.182 e. The third-order valence-electron chi connectivity index (χ3n) is 6.78. The molecular formula is C29H42BrN3O3. The fourth-order valence-electron chi connectivity index (χ4n) is 4.92. The number of ether oxygens (including phenoxy) is 1. The van der Waals surface area contributed by atoms with E-state index < -0.39 is 0 Å². The third-order valence-corrected chi connectivity index (χ3v) is 6.78. The number of unbranched alkanes of at least 4 members (excludes halogenated alkanes) is 1. The van der Waals surface area contributed by atoms with Crippen molar-refractivity contribution in [2.24, 2.45) is 11.7 Å². The number of aromatic hydroxyl groups is 1. The van der Waals surface area contributed by atoms with Crippen LogP contribution in [0.25, 0.3) is 0 Å². The lowest BCUT2D eigenvalue weighted by Crippen LogP contribution is -2.32. The molecule has 2 aromatic rings. The molecule has 0 spiro atoms. The first-order valence-electron chi connectivity index (χ1n) is 12.8. The highest BCUT2D eigenvalue weighted by Gasteiger charge is 2.38. The van der Waals surface area contributed by atoms with E-state index in [1.807, 2.05) is 43.9 Å². The van der Waals surface area contributed by atoms with Crippen LogP contribution in [0.1, 0.15) is 80.8 Å². The van der Waals surface area contributed by atoms with Gasteiger partial charge in [0.25, 0.3) is 0 Å². The van der Waals surface area contributed by atoms with E-state index >= 15 is 0 Å². The summed E-state index contributed by atoms with van der Waals surface area (Å²) in [6, 6.07) is 13.6. The first-order chi connectivity index (χ1) is 16.7. The fraction of sp³-hybridized carbons (Fsp3) is 0.517. The van der Waals surface area contributed by atoms with E-state index in [0.29, 0.717) is 48.3 Å². The number of hydrogen-bond donors (Lipinski definition) is 3. The summed E-state index contributed by atoms with van der Waals surface area (Å²) in [5.41, 5.74) is 7.54. The van der Waals surface area contributed by atoms with E-state index in [1.54, 1.807) is 12.1 Å². The average molecular weight is 561 g/mol. The van der Waals surface area contributed by atoms with Crippen LogP contribution in [0.5, 0.6) is 11.5 Å². The summed E-state index contributed by atoms with van der Waals surface area (Å²) < 4.78 is 5.87. The molecule has 0 aliphatic carbocycles. The molecule has 3 rings (SSSR count). The Hall–Kier alpha value is -2.38. The summed E-state index contributed by atoms with van der Waals surface area (Å²) in [6.45, 7) is 10.0. The van der Waals surface area contributed by atoms with Crippen molar-refractivity contribution in [3.8, 4) is 11.5 Å². The van der Waals surface area contributed by atoms with Crippen molar-refractivity contribution in [2.75, 3.05) is 26.2 Å². The monoisotopic (exact) mass is 559 g/mol. The molecule has 7 heteroatoms. The first-order valence-corrected chi connectivity index (χ1v) is 12.8. The molecule has 1 aliphatic heterocycles. The van der Waals surface area contributed by atoms with Gasteiger partial charge in [-0.25, -0.2) is 0 Å². The molecule has 2 aromatic carbocycles. The number of carbonyl (C=O) groups is 1. The van der Waals surface area contributed by atoms with E-state index in [0.717, 1.165) is 31.2 Å². The van der Waals surface area contributed by atoms with Gasteiger partial charge in [-0.2, -0.15) is 0 Å². The van der Waals surface area contributed by atoms with Crippen molar-refractivity contribution < 1.29 is 14.6 Å². The summed E-state index contributed by atoms with van der Waals surface area (Å²) >= 11 is 0. The maximum Gasteiger partial charge on any atom is 0.182 e. The molecule has 1 fully saturated rings. The van der Waals surface area contributed by atoms with Gasteiger partial charge in [0, 0.05) is 23.6 Å². The Bertz CT molecular complexity index is 1020. The molecular weight excluding hydrogens is 518 g/mol. The van der Waals surface area contributed by atoms with Gasteiger partial charge in [0.05, 0.1) is 13.2 Å². The zero-order chi connectivity index (χ0) is 25.6. The highest BCUT2D eigenvalue weighted by molar-refractivity contribution is 8.93. The molecule has 0 saturated carbocycles. The van der Waals surface area contributed by atoms with E-state index in [4.69, 9.17) is 15.9 Å². The van der Waals surface area contributed by atoms with Crippen molar-refractivity contribution in [1.29, 1.82) is 5.41 Å². The average Bonchev–Trinajstić information content (AvgIpc) is 3.12. The maximum atomic E-state index is 13.5. The van der Waals surface area contributed by atoms with Crippen LogP contribution in [0.15, 0.2) is 42.5 Å². The van der Waals surface area contributed by atoms with Gasteiger partial charge in [-0.05, 0) is 54.8 Å². The number of likely N-dealkylation sites (tertiary alicyclic amines) is 1. The molecule has 0 radical (unpaired) electrons. The standard InChI is InChI=1S/C29H41N3O3.BrH/c1-5-11-21-18-32(28(31)26(21)20-12-7-6-8-13-20)19-24(33)22-16-23(29(2,3)4)27(34)25(17-22)35-15-10-9-14-30;/h6-8,12-13,16-17,21,26,31,34H,5,9-11,14-15,18-19,30H2,1-4H3;1H. The summed E-state index contributed by atoms with van der Waals surface area (Å²) in [7, 11) is 0. The lowest BCUT2D eigenvalue weighted by Gasteiger charge is -2.24. The number of phenols is 1. The Morgan fingerprint density at radius 1 is 1.19 bits per heavy atom. The second kappa shape index (κ2) is 13.2. The second-order valence-electron chi connectivity index (χ2n) is 10.6. The lowest BCUT2D eigenvalue weighted by molar-refractivity contribution is 0.0962. The molecule has 1 aliphatic rings. The number of nitrogens with two attached hydrogens (primary N) is 1. The molecule has 2 atom stereocenters. The van der Waals surface area contributed by atoms with Crippen LogP contribution in [-0.4, -0.2) is 47.9 Å². The second-order valence-corrected chi connectivity index (χ2v) is 10.6. The van der Waals surface area contributed by atoms with Crippen molar-refractivity contribution in [2.45, 2.75) is 64.7 Å². The number of nitrogens with one attached hydrogen (secondary N) is 1. The predicted octanol–water partition coefficient (Wildman–Crippen LogP) is 6.06. The van der Waals surface area contributed by atoms with Gasteiger partial charge in [-0.3, -0.25) is 10.2 Å². The predicted molar refractivity (Wildman–Crippen MR) is 152 cm³/mol. The lowest BCUT2D eigenvalue weighted by atomic mass is 9.84. The largest absolute Gasteiger partial charge is 0.504 e. The van der Waals surface area contributed by atoms with Gasteiger partial charge < -0.3 is 20.5 Å². The SMILES string of the molecule is Br.CCCC1CN(CC(=O)c2cc(OCCCCN)c(O)c(C(C)(C)C)c2)C(=N)C1c1ccccc1. The topological polar surface area (TPSA) is 99.6 Å². The van der Waals surface area contributed by atoms with E-state index in [9.17, 15) is 9.90 Å². The van der Waals surface area contributed by atoms with Gasteiger partial charge in [0.2, 0.25) is 0 Å². The van der Waals surface area contributed by atoms with E-state index in [1.165, 1.54) is 0 Å². The van der Waals surface area contributed by atoms with Crippen molar-refractivity contribution >= 4 is 28.6 Å². The first kappa shape index (κ1) is 29.8. The minimum absolute atomic E-state index is 0. The van der Waals surface area contributed by atoms with Crippen LogP contribution in [-0.2, 0) is 5.41 Å². The fourth-order valence-corrected chi connectivity index (χ4v) is 4.92. The van der Waals surface area contributed by atoms with Gasteiger partial charge in [-0.1, -0.05) is 64.4 Å². The van der Waals surface area contributed by atoms with Gasteiger partial charge in [0.15, 0.2) is 17.3 Å². The van der Waals surface area contributed by atoms with Crippen molar-refractivity contribution in [3.05, 3.63) is 59.2 Å². The Kier molecular flexibility index (Phi) is 11.0. The van der Waals surface area contributed by atoms with Crippen LogP contribution in [0.3, 0.4) is 0 Å². The Morgan fingerprint density at radius 2 is 1.89 bits per heavy atom. The van der Waals surface area contributed by atoms with Crippen LogP contribution in [0.2, 0.25) is 0 Å². The summed E-state index contributed by atoms with van der Waals surface area (Å²) in [4.78, 5) is 15.4. The third kappa shape index (κ3) is 7.10.